The van der Waals surface area contributed by atoms with Crippen molar-refractivity contribution in [3.8, 4) is 0 Å². The average Bonchev–Trinajstić information content (AvgIpc) is 2.62. The first-order valence-electron chi connectivity index (χ1n) is 4.53. The summed E-state index contributed by atoms with van der Waals surface area (Å²) in [4.78, 5) is 10.7. The van der Waals surface area contributed by atoms with Crippen molar-refractivity contribution >= 4 is 27.3 Å². The summed E-state index contributed by atoms with van der Waals surface area (Å²) in [5, 5.41) is 10.5. The minimum atomic E-state index is -3.69. The van der Waals surface area contributed by atoms with E-state index in [2.05, 4.69) is 0 Å². The fourth-order valence-electron chi connectivity index (χ4n) is 1.05. The first-order chi connectivity index (χ1) is 7.26. The van der Waals surface area contributed by atoms with Gasteiger partial charge in [-0.15, -0.1) is 11.3 Å². The summed E-state index contributed by atoms with van der Waals surface area (Å²) >= 11 is 1.09. The Balaban J connectivity index is 3.08. The van der Waals surface area contributed by atoms with Crippen LogP contribution in [0, 0.1) is 6.92 Å². The monoisotopic (exact) mass is 263 g/mol. The van der Waals surface area contributed by atoms with Crippen LogP contribution in [-0.4, -0.2) is 36.9 Å². The number of carboxylic acid groups (broad SMARTS) is 1. The highest BCUT2D eigenvalue weighted by molar-refractivity contribution is 7.91. The number of sulfonamides is 1. The van der Waals surface area contributed by atoms with E-state index in [4.69, 9.17) is 5.11 Å². The van der Waals surface area contributed by atoms with Crippen molar-refractivity contribution in [3.63, 3.8) is 0 Å². The van der Waals surface area contributed by atoms with E-state index < -0.39 is 22.0 Å². The smallest absolute Gasteiger partial charge is 0.321 e. The Morgan fingerprint density at radius 3 is 2.50 bits per heavy atom. The summed E-state index contributed by atoms with van der Waals surface area (Å²) in [6, 6.07) is 0.456. The van der Waals surface area contributed by atoms with Crippen LogP contribution in [0.1, 0.15) is 12.5 Å². The van der Waals surface area contributed by atoms with Gasteiger partial charge in [-0.3, -0.25) is 4.79 Å². The van der Waals surface area contributed by atoms with Gasteiger partial charge in [0.1, 0.15) is 10.3 Å². The molecule has 1 unspecified atom stereocenters. The predicted octanol–water partition coefficient (Wildman–Crippen LogP) is 1.15. The van der Waals surface area contributed by atoms with Crippen LogP contribution in [0.5, 0.6) is 0 Å². The van der Waals surface area contributed by atoms with Gasteiger partial charge in [0, 0.05) is 7.05 Å². The number of nitrogens with zero attached hydrogens (tertiary/aromatic N) is 1. The summed E-state index contributed by atoms with van der Waals surface area (Å²) in [6.07, 6.45) is 0. The molecule has 0 spiro atoms. The second kappa shape index (κ2) is 4.52. The maximum Gasteiger partial charge on any atom is 0.321 e. The largest absolute Gasteiger partial charge is 0.480 e. The molecule has 0 bridgehead atoms. The van der Waals surface area contributed by atoms with Crippen molar-refractivity contribution in [2.75, 3.05) is 7.05 Å². The van der Waals surface area contributed by atoms with Gasteiger partial charge in [-0.2, -0.15) is 4.31 Å². The molecule has 1 aromatic heterocycles. The molecule has 0 aliphatic rings. The van der Waals surface area contributed by atoms with Crippen LogP contribution in [0.2, 0.25) is 0 Å². The Bertz CT molecular complexity index is 491. The minimum absolute atomic E-state index is 0.167. The SMILES string of the molecule is Cc1csc(S(=O)(=O)N(C)C(C)C(=O)O)c1. The average molecular weight is 263 g/mol. The molecule has 0 aliphatic heterocycles. The van der Waals surface area contributed by atoms with Gasteiger partial charge in [-0.25, -0.2) is 8.42 Å². The third kappa shape index (κ3) is 2.42. The number of hydrogen-bond acceptors (Lipinski definition) is 4. The molecule has 90 valence electrons. The number of likely N-dealkylation sites (N-methyl/N-ethyl adjacent to an activating group) is 1. The van der Waals surface area contributed by atoms with Crippen molar-refractivity contribution in [2.45, 2.75) is 24.1 Å². The highest BCUT2D eigenvalue weighted by Gasteiger charge is 2.30. The highest BCUT2D eigenvalue weighted by Crippen LogP contribution is 2.23. The second-order valence-corrected chi connectivity index (χ2v) is 6.61. The first-order valence-corrected chi connectivity index (χ1v) is 6.84. The van der Waals surface area contributed by atoms with E-state index in [0.717, 1.165) is 21.2 Å². The van der Waals surface area contributed by atoms with Crippen LogP contribution in [0.3, 0.4) is 0 Å². The summed E-state index contributed by atoms with van der Waals surface area (Å²) in [6.45, 7) is 3.12. The van der Waals surface area contributed by atoms with E-state index in [1.54, 1.807) is 12.3 Å². The Morgan fingerprint density at radius 2 is 2.12 bits per heavy atom. The molecule has 0 fully saturated rings. The Labute approximate surface area is 98.4 Å². The fraction of sp³-hybridized carbons (Fsp3) is 0.444. The molecular weight excluding hydrogens is 250 g/mol. The maximum absolute atomic E-state index is 12.0. The minimum Gasteiger partial charge on any atom is -0.480 e. The molecule has 1 atom stereocenters. The van der Waals surface area contributed by atoms with Gasteiger partial charge in [0.15, 0.2) is 0 Å². The lowest BCUT2D eigenvalue weighted by atomic mass is 10.4. The number of carboxylic acids is 1. The van der Waals surface area contributed by atoms with Gasteiger partial charge >= 0.3 is 5.97 Å². The van der Waals surface area contributed by atoms with E-state index in [1.807, 2.05) is 0 Å². The van der Waals surface area contributed by atoms with E-state index in [-0.39, 0.29) is 4.21 Å². The zero-order valence-corrected chi connectivity index (χ0v) is 10.8. The van der Waals surface area contributed by atoms with Crippen LogP contribution in [-0.2, 0) is 14.8 Å². The zero-order valence-electron chi connectivity index (χ0n) is 9.17. The van der Waals surface area contributed by atoms with Gasteiger partial charge in [0.05, 0.1) is 0 Å². The Morgan fingerprint density at radius 1 is 1.56 bits per heavy atom. The van der Waals surface area contributed by atoms with Crippen molar-refractivity contribution in [3.05, 3.63) is 17.0 Å². The standard InChI is InChI=1S/C9H13NO4S2/c1-6-4-8(15-5-6)16(13,14)10(3)7(2)9(11)12/h4-5,7H,1-3H3,(H,11,12). The Kier molecular flexibility index (Phi) is 3.72. The van der Waals surface area contributed by atoms with E-state index in [0.29, 0.717) is 0 Å². The summed E-state index contributed by atoms with van der Waals surface area (Å²) in [5.41, 5.74) is 0.847. The van der Waals surface area contributed by atoms with Gasteiger partial charge in [-0.05, 0) is 30.9 Å². The van der Waals surface area contributed by atoms with E-state index >= 15 is 0 Å². The quantitative estimate of drug-likeness (QED) is 0.884. The predicted molar refractivity (Wildman–Crippen MR) is 61.1 cm³/mol. The van der Waals surface area contributed by atoms with Gasteiger partial charge in [0.2, 0.25) is 0 Å². The normalized spacial score (nSPS) is 14.0. The number of thiophene rings is 1. The number of hydrogen-bond donors (Lipinski definition) is 1. The lowest BCUT2D eigenvalue weighted by Crippen LogP contribution is -2.39. The summed E-state index contributed by atoms with van der Waals surface area (Å²) in [5.74, 6) is -1.17. The lowest BCUT2D eigenvalue weighted by Gasteiger charge is -2.19. The van der Waals surface area contributed by atoms with Crippen molar-refractivity contribution in [2.24, 2.45) is 0 Å². The molecule has 7 heteroatoms. The van der Waals surface area contributed by atoms with Crippen LogP contribution >= 0.6 is 11.3 Å². The van der Waals surface area contributed by atoms with Crippen LogP contribution < -0.4 is 0 Å². The van der Waals surface area contributed by atoms with E-state index in [1.165, 1.54) is 20.0 Å². The molecule has 1 N–H and O–H groups in total. The second-order valence-electron chi connectivity index (χ2n) is 3.48. The third-order valence-corrected chi connectivity index (χ3v) is 5.70. The number of aliphatic carboxylic acids is 1. The third-order valence-electron chi connectivity index (χ3n) is 2.24. The highest BCUT2D eigenvalue weighted by atomic mass is 32.2. The first kappa shape index (κ1) is 13.1. The fourth-order valence-corrected chi connectivity index (χ4v) is 3.78. The number of aryl methyl sites for hydroxylation is 1. The Hall–Kier alpha value is -0.920. The van der Waals surface area contributed by atoms with Crippen LogP contribution in [0.25, 0.3) is 0 Å². The molecule has 0 aliphatic carbocycles. The lowest BCUT2D eigenvalue weighted by molar-refractivity contribution is -0.140. The molecule has 1 heterocycles. The van der Waals surface area contributed by atoms with Gasteiger partial charge < -0.3 is 5.11 Å². The molecular formula is C9H13NO4S2. The number of carbonyl (C=O) groups is 1. The zero-order chi connectivity index (χ0) is 12.5. The maximum atomic E-state index is 12.0. The molecule has 16 heavy (non-hydrogen) atoms. The number of rotatable bonds is 4. The molecule has 0 radical (unpaired) electrons. The molecule has 0 saturated carbocycles. The van der Waals surface area contributed by atoms with Gasteiger partial charge in [-0.1, -0.05) is 0 Å². The van der Waals surface area contributed by atoms with E-state index in [9.17, 15) is 13.2 Å². The van der Waals surface area contributed by atoms with Crippen LogP contribution in [0.15, 0.2) is 15.7 Å². The van der Waals surface area contributed by atoms with Crippen molar-refractivity contribution in [1.82, 2.24) is 4.31 Å². The molecule has 1 aromatic rings. The summed E-state index contributed by atoms with van der Waals surface area (Å²) < 4.78 is 25.0. The summed E-state index contributed by atoms with van der Waals surface area (Å²) in [7, 11) is -2.42. The van der Waals surface area contributed by atoms with Crippen molar-refractivity contribution in [1.29, 1.82) is 0 Å². The molecule has 0 aromatic carbocycles. The molecule has 1 rings (SSSR count). The van der Waals surface area contributed by atoms with Gasteiger partial charge in [0.25, 0.3) is 10.0 Å². The molecule has 5 nitrogen and oxygen atoms in total. The molecule has 0 amide bonds. The van der Waals surface area contributed by atoms with Crippen LogP contribution in [0.4, 0.5) is 0 Å². The van der Waals surface area contributed by atoms with Crippen molar-refractivity contribution < 1.29 is 18.3 Å². The molecule has 0 saturated heterocycles. The topological polar surface area (TPSA) is 74.7 Å².